The summed E-state index contributed by atoms with van der Waals surface area (Å²) < 4.78 is 0. The molecule has 0 unspecified atom stereocenters. The molecule has 0 saturated carbocycles. The maximum absolute atomic E-state index is 8.80. The summed E-state index contributed by atoms with van der Waals surface area (Å²) in [7, 11) is 0. The molecule has 2 aromatic carbocycles. The summed E-state index contributed by atoms with van der Waals surface area (Å²) in [6, 6.07) is 12.9. The molecule has 0 aliphatic heterocycles. The maximum atomic E-state index is 8.80. The molecule has 4 heteroatoms. The molecule has 0 aliphatic carbocycles. The third kappa shape index (κ3) is 2.76. The van der Waals surface area contributed by atoms with E-state index in [2.05, 4.69) is 5.32 Å². The Labute approximate surface area is 116 Å². The molecular weight excluding hydrogens is 267 g/mol. The van der Waals surface area contributed by atoms with E-state index in [9.17, 15) is 0 Å². The van der Waals surface area contributed by atoms with Crippen LogP contribution in [0.5, 0.6) is 0 Å². The third-order valence-electron chi connectivity index (χ3n) is 2.49. The average Bonchev–Trinajstić information content (AvgIpc) is 2.34. The van der Waals surface area contributed by atoms with E-state index in [1.807, 2.05) is 31.2 Å². The van der Waals surface area contributed by atoms with Gasteiger partial charge in [0.25, 0.3) is 0 Å². The maximum Gasteiger partial charge on any atom is 0.101 e. The van der Waals surface area contributed by atoms with Gasteiger partial charge < -0.3 is 5.32 Å². The van der Waals surface area contributed by atoms with Crippen LogP contribution in [0.2, 0.25) is 10.0 Å². The zero-order valence-corrected chi connectivity index (χ0v) is 11.2. The van der Waals surface area contributed by atoms with E-state index in [0.717, 1.165) is 16.9 Å². The van der Waals surface area contributed by atoms with Crippen LogP contribution in [0.25, 0.3) is 0 Å². The molecule has 0 saturated heterocycles. The number of aryl methyl sites for hydroxylation is 1. The lowest BCUT2D eigenvalue weighted by Crippen LogP contribution is -1.92. The Kier molecular flexibility index (Phi) is 3.76. The molecule has 2 aromatic rings. The molecule has 0 spiro atoms. The summed E-state index contributed by atoms with van der Waals surface area (Å²) in [6.07, 6.45) is 0. The second kappa shape index (κ2) is 5.30. The van der Waals surface area contributed by atoms with Crippen LogP contribution in [-0.2, 0) is 0 Å². The molecule has 0 aromatic heterocycles. The molecule has 0 atom stereocenters. The number of nitrogens with one attached hydrogen (secondary N) is 1. The van der Waals surface area contributed by atoms with Crippen molar-refractivity contribution < 1.29 is 0 Å². The van der Waals surface area contributed by atoms with Gasteiger partial charge in [0.15, 0.2) is 0 Å². The minimum atomic E-state index is 0.422. The second-order valence-electron chi connectivity index (χ2n) is 3.91. The van der Waals surface area contributed by atoms with E-state index in [1.54, 1.807) is 18.2 Å². The van der Waals surface area contributed by atoms with Crippen molar-refractivity contribution in [2.24, 2.45) is 0 Å². The lowest BCUT2D eigenvalue weighted by atomic mass is 10.2. The van der Waals surface area contributed by atoms with Crippen LogP contribution < -0.4 is 5.32 Å². The molecule has 0 amide bonds. The Hall–Kier alpha value is -1.69. The van der Waals surface area contributed by atoms with Crippen molar-refractivity contribution in [2.45, 2.75) is 6.92 Å². The minimum Gasteiger partial charge on any atom is -0.354 e. The zero-order chi connectivity index (χ0) is 13.1. The van der Waals surface area contributed by atoms with Crippen LogP contribution in [0.1, 0.15) is 11.1 Å². The van der Waals surface area contributed by atoms with Crippen molar-refractivity contribution in [1.29, 1.82) is 5.26 Å². The van der Waals surface area contributed by atoms with Gasteiger partial charge in [-0.05, 0) is 42.8 Å². The molecule has 90 valence electrons. The minimum absolute atomic E-state index is 0.422. The smallest absolute Gasteiger partial charge is 0.101 e. The summed E-state index contributed by atoms with van der Waals surface area (Å²) in [5.74, 6) is 0. The van der Waals surface area contributed by atoms with E-state index in [0.29, 0.717) is 15.6 Å². The summed E-state index contributed by atoms with van der Waals surface area (Å²) >= 11 is 12.1. The molecule has 0 bridgehead atoms. The molecular formula is C14H10Cl2N2. The van der Waals surface area contributed by atoms with E-state index in [-0.39, 0.29) is 0 Å². The first kappa shape index (κ1) is 12.8. The van der Waals surface area contributed by atoms with Crippen molar-refractivity contribution in [3.05, 3.63) is 57.6 Å². The van der Waals surface area contributed by atoms with Gasteiger partial charge >= 0.3 is 0 Å². The number of rotatable bonds is 2. The van der Waals surface area contributed by atoms with Gasteiger partial charge in [0, 0.05) is 5.69 Å². The van der Waals surface area contributed by atoms with Crippen LogP contribution in [-0.4, -0.2) is 0 Å². The quantitative estimate of drug-likeness (QED) is 0.845. The summed E-state index contributed by atoms with van der Waals surface area (Å²) in [5.41, 5.74) is 3.18. The van der Waals surface area contributed by atoms with Crippen LogP contribution in [0.4, 0.5) is 11.4 Å². The molecule has 2 nitrogen and oxygen atoms in total. The lowest BCUT2D eigenvalue weighted by Gasteiger charge is -2.10. The molecule has 1 N–H and O–H groups in total. The number of nitrogens with zero attached hydrogens (tertiary/aromatic N) is 1. The number of anilines is 2. The van der Waals surface area contributed by atoms with Gasteiger partial charge in [-0.1, -0.05) is 29.3 Å². The Morgan fingerprint density at radius 1 is 1.06 bits per heavy atom. The Morgan fingerprint density at radius 3 is 2.50 bits per heavy atom. The van der Waals surface area contributed by atoms with E-state index < -0.39 is 0 Å². The van der Waals surface area contributed by atoms with Crippen molar-refractivity contribution in [1.82, 2.24) is 0 Å². The topological polar surface area (TPSA) is 35.8 Å². The van der Waals surface area contributed by atoms with Crippen LogP contribution in [0.3, 0.4) is 0 Å². The standard InChI is InChI=1S/C14H10Cl2N2/c1-9-2-5-12(15)14(6-9)18-11-4-3-10(8-17)13(16)7-11/h2-7,18H,1H3. The van der Waals surface area contributed by atoms with Crippen molar-refractivity contribution in [3.8, 4) is 6.07 Å². The fourth-order valence-electron chi connectivity index (χ4n) is 1.57. The fraction of sp³-hybridized carbons (Fsp3) is 0.0714. The lowest BCUT2D eigenvalue weighted by molar-refractivity contribution is 1.44. The predicted molar refractivity (Wildman–Crippen MR) is 75.6 cm³/mol. The van der Waals surface area contributed by atoms with Gasteiger partial charge in [0.1, 0.15) is 6.07 Å². The molecule has 18 heavy (non-hydrogen) atoms. The SMILES string of the molecule is Cc1ccc(Cl)c(Nc2ccc(C#N)c(Cl)c2)c1. The second-order valence-corrected chi connectivity index (χ2v) is 4.73. The van der Waals surface area contributed by atoms with Crippen molar-refractivity contribution in [2.75, 3.05) is 5.32 Å². The number of hydrogen-bond donors (Lipinski definition) is 1. The van der Waals surface area contributed by atoms with Gasteiger partial charge in [-0.15, -0.1) is 0 Å². The van der Waals surface area contributed by atoms with Gasteiger partial charge in [0.05, 0.1) is 21.3 Å². The molecule has 0 aliphatic rings. The third-order valence-corrected chi connectivity index (χ3v) is 3.13. The Morgan fingerprint density at radius 2 is 1.83 bits per heavy atom. The van der Waals surface area contributed by atoms with Crippen molar-refractivity contribution in [3.63, 3.8) is 0 Å². The van der Waals surface area contributed by atoms with E-state index in [1.165, 1.54) is 0 Å². The van der Waals surface area contributed by atoms with Gasteiger partial charge in [-0.25, -0.2) is 0 Å². The van der Waals surface area contributed by atoms with E-state index >= 15 is 0 Å². The zero-order valence-electron chi connectivity index (χ0n) is 9.67. The number of halogens is 2. The summed E-state index contributed by atoms with van der Waals surface area (Å²) in [5, 5.41) is 13.0. The van der Waals surface area contributed by atoms with Crippen molar-refractivity contribution >= 4 is 34.6 Å². The highest BCUT2D eigenvalue weighted by atomic mass is 35.5. The normalized spacial score (nSPS) is 9.89. The Bertz CT molecular complexity index is 630. The average molecular weight is 277 g/mol. The van der Waals surface area contributed by atoms with Gasteiger partial charge in [-0.3, -0.25) is 0 Å². The number of hydrogen-bond acceptors (Lipinski definition) is 2. The highest BCUT2D eigenvalue weighted by Gasteiger charge is 2.04. The van der Waals surface area contributed by atoms with E-state index in [4.69, 9.17) is 28.5 Å². The largest absolute Gasteiger partial charge is 0.354 e. The molecule has 0 fully saturated rings. The van der Waals surface area contributed by atoms with Gasteiger partial charge in [-0.2, -0.15) is 5.26 Å². The summed E-state index contributed by atoms with van der Waals surface area (Å²) in [4.78, 5) is 0. The highest BCUT2D eigenvalue weighted by Crippen LogP contribution is 2.28. The van der Waals surface area contributed by atoms with Gasteiger partial charge in [0.2, 0.25) is 0 Å². The fourth-order valence-corrected chi connectivity index (χ4v) is 1.96. The Balaban J connectivity index is 2.32. The predicted octanol–water partition coefficient (Wildman–Crippen LogP) is 4.92. The monoisotopic (exact) mass is 276 g/mol. The first-order valence-corrected chi connectivity index (χ1v) is 6.08. The first-order chi connectivity index (χ1) is 8.60. The van der Waals surface area contributed by atoms with Crippen LogP contribution in [0.15, 0.2) is 36.4 Å². The molecule has 0 radical (unpaired) electrons. The highest BCUT2D eigenvalue weighted by molar-refractivity contribution is 6.33. The number of benzene rings is 2. The van der Waals surface area contributed by atoms with Crippen LogP contribution >= 0.6 is 23.2 Å². The number of nitriles is 1. The van der Waals surface area contributed by atoms with Crippen LogP contribution in [0, 0.1) is 18.3 Å². The molecule has 2 rings (SSSR count). The molecule has 0 heterocycles. The first-order valence-electron chi connectivity index (χ1n) is 5.33. The summed E-state index contributed by atoms with van der Waals surface area (Å²) in [6.45, 7) is 1.99.